The maximum atomic E-state index is 11.0. The normalized spacial score (nSPS) is 25.7. The highest BCUT2D eigenvalue weighted by atomic mass is 79.9. The summed E-state index contributed by atoms with van der Waals surface area (Å²) in [5.74, 6) is 0.865. The van der Waals surface area contributed by atoms with Gasteiger partial charge in [-0.25, -0.2) is 15.0 Å². The van der Waals surface area contributed by atoms with E-state index in [-0.39, 0.29) is 6.04 Å². The molecule has 4 atom stereocenters. The first-order chi connectivity index (χ1) is 15.3. The van der Waals surface area contributed by atoms with Crippen LogP contribution >= 0.6 is 15.9 Å². The molecule has 8 nitrogen and oxygen atoms in total. The average Bonchev–Trinajstić information content (AvgIpc) is 3.29. The highest BCUT2D eigenvalue weighted by Crippen LogP contribution is 2.48. The number of anilines is 2. The zero-order valence-electron chi connectivity index (χ0n) is 17.6. The average molecular weight is 497 g/mol. The molecule has 0 spiro atoms. The smallest absolute Gasteiger partial charge is 0.145 e. The van der Waals surface area contributed by atoms with Crippen molar-refractivity contribution in [2.24, 2.45) is 5.41 Å². The Kier molecular flexibility index (Phi) is 5.07. The number of fused-ring (bicyclic) bond motifs is 2. The van der Waals surface area contributed by atoms with Gasteiger partial charge >= 0.3 is 0 Å². The van der Waals surface area contributed by atoms with Crippen LogP contribution in [0.15, 0.2) is 47.3 Å². The van der Waals surface area contributed by atoms with Gasteiger partial charge in [-0.3, -0.25) is 0 Å². The van der Waals surface area contributed by atoms with Gasteiger partial charge in [0.2, 0.25) is 0 Å². The SMILES string of the molecule is C[C@]1(CCc2ccc3cc(Br)c(N)nc3c2)C[C@@H](n2ccc3c(N)ncnc32)[C@H](O)[C@@H]1O. The van der Waals surface area contributed by atoms with Crippen LogP contribution in [0.2, 0.25) is 0 Å². The predicted octanol–water partition coefficient (Wildman–Crippen LogP) is 3.21. The van der Waals surface area contributed by atoms with Crippen molar-refractivity contribution in [3.8, 4) is 0 Å². The van der Waals surface area contributed by atoms with Gasteiger partial charge < -0.3 is 26.2 Å². The van der Waals surface area contributed by atoms with Crippen molar-refractivity contribution >= 4 is 49.5 Å². The first-order valence-corrected chi connectivity index (χ1v) is 11.3. The lowest BCUT2D eigenvalue weighted by molar-refractivity contribution is -0.0241. The summed E-state index contributed by atoms with van der Waals surface area (Å²) >= 11 is 3.41. The Morgan fingerprint density at radius 3 is 2.78 bits per heavy atom. The van der Waals surface area contributed by atoms with Crippen molar-refractivity contribution in [3.63, 3.8) is 0 Å². The second-order valence-electron chi connectivity index (χ2n) is 8.96. The molecule has 4 aromatic rings. The van der Waals surface area contributed by atoms with Gasteiger partial charge in [0.1, 0.15) is 29.7 Å². The molecule has 5 rings (SSSR count). The van der Waals surface area contributed by atoms with Crippen LogP contribution in [0.25, 0.3) is 21.9 Å². The predicted molar refractivity (Wildman–Crippen MR) is 128 cm³/mol. The third kappa shape index (κ3) is 3.41. The Labute approximate surface area is 193 Å². The second kappa shape index (κ2) is 7.68. The summed E-state index contributed by atoms with van der Waals surface area (Å²) in [6.07, 6.45) is 3.62. The summed E-state index contributed by atoms with van der Waals surface area (Å²) < 4.78 is 2.69. The third-order valence-electron chi connectivity index (χ3n) is 6.85. The summed E-state index contributed by atoms with van der Waals surface area (Å²) in [6, 6.07) is 9.66. The number of nitrogen functional groups attached to an aromatic ring is 2. The highest BCUT2D eigenvalue weighted by molar-refractivity contribution is 9.10. The minimum atomic E-state index is -0.901. The zero-order valence-corrected chi connectivity index (χ0v) is 19.2. The van der Waals surface area contributed by atoms with Gasteiger partial charge in [0, 0.05) is 11.6 Å². The van der Waals surface area contributed by atoms with E-state index in [0.29, 0.717) is 23.7 Å². The molecular weight excluding hydrogens is 472 g/mol. The second-order valence-corrected chi connectivity index (χ2v) is 9.82. The van der Waals surface area contributed by atoms with Crippen LogP contribution < -0.4 is 11.5 Å². The molecule has 1 saturated carbocycles. The van der Waals surface area contributed by atoms with Crippen molar-refractivity contribution < 1.29 is 10.2 Å². The first-order valence-electron chi connectivity index (χ1n) is 10.5. The molecule has 166 valence electrons. The number of aliphatic hydroxyl groups excluding tert-OH is 2. The fourth-order valence-corrected chi connectivity index (χ4v) is 5.24. The molecule has 0 unspecified atom stereocenters. The van der Waals surface area contributed by atoms with E-state index in [4.69, 9.17) is 11.5 Å². The lowest BCUT2D eigenvalue weighted by Crippen LogP contribution is -2.35. The fourth-order valence-electron chi connectivity index (χ4n) is 4.90. The molecule has 0 bridgehead atoms. The standard InChI is InChI=1S/C23H25BrN6O2/c1-23(6-4-12-2-3-13-9-15(24)21(26)29-16(13)8-12)10-17(18(31)19(23)32)30-7-5-14-20(25)27-11-28-22(14)30/h2-3,5,7-9,11,17-19,31-32H,4,6,10H2,1H3,(H2,26,29)(H2,25,27,28)/t17-,18+,19+,23+/m1/s1. The van der Waals surface area contributed by atoms with Gasteiger partial charge in [-0.15, -0.1) is 0 Å². The molecule has 1 aromatic carbocycles. The molecule has 32 heavy (non-hydrogen) atoms. The summed E-state index contributed by atoms with van der Waals surface area (Å²) in [7, 11) is 0. The molecule has 3 heterocycles. The molecule has 0 amide bonds. The van der Waals surface area contributed by atoms with Gasteiger partial charge in [0.25, 0.3) is 0 Å². The van der Waals surface area contributed by atoms with Crippen LogP contribution in [0.1, 0.15) is 31.4 Å². The number of aliphatic hydroxyl groups is 2. The Morgan fingerprint density at radius 2 is 1.97 bits per heavy atom. The highest BCUT2D eigenvalue weighted by Gasteiger charge is 2.50. The van der Waals surface area contributed by atoms with E-state index in [2.05, 4.69) is 36.9 Å². The van der Waals surface area contributed by atoms with E-state index in [1.165, 1.54) is 6.33 Å². The topological polar surface area (TPSA) is 136 Å². The molecule has 0 saturated heterocycles. The number of aromatic nitrogens is 4. The Balaban J connectivity index is 1.38. The van der Waals surface area contributed by atoms with Crippen LogP contribution in [0, 0.1) is 5.41 Å². The molecular formula is C23H25BrN6O2. The van der Waals surface area contributed by atoms with Crippen molar-refractivity contribution in [2.75, 3.05) is 11.5 Å². The van der Waals surface area contributed by atoms with E-state index in [1.807, 2.05) is 42.0 Å². The first kappa shape index (κ1) is 21.1. The Bertz CT molecular complexity index is 1320. The van der Waals surface area contributed by atoms with E-state index >= 15 is 0 Å². The van der Waals surface area contributed by atoms with Crippen LogP contribution in [0.4, 0.5) is 11.6 Å². The lowest BCUT2D eigenvalue weighted by atomic mass is 9.80. The number of nitrogens with two attached hydrogens (primary N) is 2. The molecule has 1 fully saturated rings. The fraction of sp³-hybridized carbons (Fsp3) is 0.348. The van der Waals surface area contributed by atoms with Crippen LogP contribution in [0.3, 0.4) is 0 Å². The molecule has 3 aromatic heterocycles. The summed E-state index contributed by atoms with van der Waals surface area (Å²) in [4.78, 5) is 12.8. The Morgan fingerprint density at radius 1 is 1.16 bits per heavy atom. The summed E-state index contributed by atoms with van der Waals surface area (Å²) in [6.45, 7) is 2.03. The molecule has 0 radical (unpaired) electrons. The van der Waals surface area contributed by atoms with Crippen molar-refractivity contribution in [1.29, 1.82) is 0 Å². The van der Waals surface area contributed by atoms with E-state index in [9.17, 15) is 10.2 Å². The van der Waals surface area contributed by atoms with E-state index in [0.717, 1.165) is 39.2 Å². The Hall–Kier alpha value is -2.75. The number of nitrogens with zero attached hydrogens (tertiary/aromatic N) is 4. The van der Waals surface area contributed by atoms with Gasteiger partial charge in [-0.2, -0.15) is 0 Å². The quantitative estimate of drug-likeness (QED) is 0.340. The van der Waals surface area contributed by atoms with Gasteiger partial charge in [0.05, 0.1) is 27.5 Å². The summed E-state index contributed by atoms with van der Waals surface area (Å²) in [5.41, 5.74) is 14.1. The van der Waals surface area contributed by atoms with Crippen molar-refractivity contribution in [2.45, 2.75) is 44.4 Å². The van der Waals surface area contributed by atoms with E-state index in [1.54, 1.807) is 0 Å². The van der Waals surface area contributed by atoms with Crippen LogP contribution in [-0.2, 0) is 6.42 Å². The number of hydrogen-bond acceptors (Lipinski definition) is 7. The number of hydrogen-bond donors (Lipinski definition) is 4. The van der Waals surface area contributed by atoms with Gasteiger partial charge in [0.15, 0.2) is 0 Å². The minimum Gasteiger partial charge on any atom is -0.390 e. The molecule has 6 N–H and O–H groups in total. The van der Waals surface area contributed by atoms with Crippen LogP contribution in [0.5, 0.6) is 0 Å². The number of pyridine rings is 1. The van der Waals surface area contributed by atoms with Crippen molar-refractivity contribution in [3.05, 3.63) is 52.9 Å². The molecule has 0 aliphatic heterocycles. The number of aryl methyl sites for hydroxylation is 1. The van der Waals surface area contributed by atoms with Gasteiger partial charge in [-0.1, -0.05) is 19.1 Å². The molecule has 1 aliphatic rings. The maximum absolute atomic E-state index is 11.0. The number of benzene rings is 1. The monoisotopic (exact) mass is 496 g/mol. The molecule has 1 aliphatic carbocycles. The largest absolute Gasteiger partial charge is 0.390 e. The van der Waals surface area contributed by atoms with Crippen molar-refractivity contribution in [1.82, 2.24) is 19.5 Å². The minimum absolute atomic E-state index is 0.294. The zero-order chi connectivity index (χ0) is 22.6. The van der Waals surface area contributed by atoms with E-state index < -0.39 is 17.6 Å². The molecule has 9 heteroatoms. The van der Waals surface area contributed by atoms with Crippen LogP contribution in [-0.4, -0.2) is 41.9 Å². The summed E-state index contributed by atoms with van der Waals surface area (Å²) in [5, 5.41) is 23.6. The number of halogens is 1. The lowest BCUT2D eigenvalue weighted by Gasteiger charge is -2.28. The third-order valence-corrected chi connectivity index (χ3v) is 7.49. The maximum Gasteiger partial charge on any atom is 0.145 e. The van der Waals surface area contributed by atoms with Gasteiger partial charge in [-0.05, 0) is 64.4 Å². The number of rotatable bonds is 4.